The number of amides is 1. The Morgan fingerprint density at radius 2 is 1.94 bits per heavy atom. The predicted octanol–water partition coefficient (Wildman–Crippen LogP) is 1.86. The van der Waals surface area contributed by atoms with E-state index in [4.69, 9.17) is 5.11 Å². The minimum Gasteiger partial charge on any atom is -0.481 e. The summed E-state index contributed by atoms with van der Waals surface area (Å²) in [5, 5.41) is 8.53. The van der Waals surface area contributed by atoms with Gasteiger partial charge in [-0.05, 0) is 24.5 Å². The summed E-state index contributed by atoms with van der Waals surface area (Å²) in [5.74, 6) is -0.801. The number of carboxylic acid groups (broad SMARTS) is 1. The Balaban J connectivity index is 2.45. The monoisotopic (exact) mass is 249 g/mol. The second kappa shape index (κ2) is 6.79. The van der Waals surface area contributed by atoms with Crippen molar-refractivity contribution >= 4 is 11.9 Å². The lowest BCUT2D eigenvalue weighted by molar-refractivity contribution is -0.138. The van der Waals surface area contributed by atoms with E-state index in [9.17, 15) is 9.59 Å². The zero-order valence-electron chi connectivity index (χ0n) is 10.8. The van der Waals surface area contributed by atoms with E-state index in [1.54, 1.807) is 11.9 Å². The molecule has 0 aliphatic heterocycles. The lowest BCUT2D eigenvalue weighted by Crippen LogP contribution is -2.29. The van der Waals surface area contributed by atoms with Gasteiger partial charge in [0.1, 0.15) is 0 Å². The number of carbonyl (C=O) groups excluding carboxylic acids is 1. The highest BCUT2D eigenvalue weighted by molar-refractivity contribution is 5.78. The van der Waals surface area contributed by atoms with Crippen LogP contribution in [0.5, 0.6) is 0 Å². The summed E-state index contributed by atoms with van der Waals surface area (Å²) in [6.45, 7) is 2.46. The van der Waals surface area contributed by atoms with E-state index in [1.165, 1.54) is 0 Å². The minimum absolute atomic E-state index is 0.0229. The smallest absolute Gasteiger partial charge is 0.303 e. The van der Waals surface area contributed by atoms with Gasteiger partial charge in [-0.15, -0.1) is 0 Å². The maximum atomic E-state index is 11.9. The van der Waals surface area contributed by atoms with Gasteiger partial charge in [-0.25, -0.2) is 0 Å². The molecule has 0 atom stereocenters. The molecule has 1 amide bonds. The molecule has 1 aromatic carbocycles. The van der Waals surface area contributed by atoms with Crippen LogP contribution in [0.4, 0.5) is 0 Å². The second-order valence-electron chi connectivity index (χ2n) is 4.42. The Morgan fingerprint density at radius 1 is 1.28 bits per heavy atom. The third-order valence-electron chi connectivity index (χ3n) is 2.91. The van der Waals surface area contributed by atoms with E-state index in [0.29, 0.717) is 19.4 Å². The maximum Gasteiger partial charge on any atom is 0.303 e. The van der Waals surface area contributed by atoms with Crippen LogP contribution in [0.3, 0.4) is 0 Å². The Labute approximate surface area is 107 Å². The van der Waals surface area contributed by atoms with E-state index in [-0.39, 0.29) is 12.3 Å². The van der Waals surface area contributed by atoms with Crippen LogP contribution in [0.15, 0.2) is 24.3 Å². The van der Waals surface area contributed by atoms with Crippen LogP contribution in [0.25, 0.3) is 0 Å². The molecule has 98 valence electrons. The number of rotatable bonds is 6. The molecule has 4 heteroatoms. The van der Waals surface area contributed by atoms with Crippen LogP contribution in [-0.4, -0.2) is 35.5 Å². The summed E-state index contributed by atoms with van der Waals surface area (Å²) in [5.41, 5.74) is 2.12. The molecular formula is C14H19NO3. The van der Waals surface area contributed by atoms with Crippen molar-refractivity contribution in [2.45, 2.75) is 26.2 Å². The van der Waals surface area contributed by atoms with E-state index < -0.39 is 5.97 Å². The Morgan fingerprint density at radius 3 is 2.56 bits per heavy atom. The zero-order chi connectivity index (χ0) is 13.5. The first-order valence-electron chi connectivity index (χ1n) is 6.01. The quantitative estimate of drug-likeness (QED) is 0.837. The van der Waals surface area contributed by atoms with Crippen molar-refractivity contribution in [1.29, 1.82) is 0 Å². The molecule has 1 N–H and O–H groups in total. The largest absolute Gasteiger partial charge is 0.481 e. The van der Waals surface area contributed by atoms with Gasteiger partial charge in [-0.3, -0.25) is 9.59 Å². The van der Waals surface area contributed by atoms with Gasteiger partial charge in [0.25, 0.3) is 0 Å². The Kier molecular flexibility index (Phi) is 5.36. The van der Waals surface area contributed by atoms with Gasteiger partial charge < -0.3 is 10.0 Å². The molecular weight excluding hydrogens is 230 g/mol. The summed E-state index contributed by atoms with van der Waals surface area (Å²) in [6.07, 6.45) is 0.962. The second-order valence-corrected chi connectivity index (χ2v) is 4.42. The first-order valence-corrected chi connectivity index (χ1v) is 6.01. The molecule has 0 spiro atoms. The molecule has 0 radical (unpaired) electrons. The number of likely N-dealkylation sites (N-methyl/N-ethyl adjacent to an activating group) is 1. The molecule has 0 aliphatic carbocycles. The summed E-state index contributed by atoms with van der Waals surface area (Å²) >= 11 is 0. The molecule has 0 fully saturated rings. The SMILES string of the molecule is Cc1ccccc1CC(=O)N(C)CCCC(=O)O. The van der Waals surface area contributed by atoms with E-state index in [2.05, 4.69) is 0 Å². The molecule has 0 unspecified atom stereocenters. The molecule has 0 heterocycles. The number of aliphatic carboxylic acids is 1. The van der Waals surface area contributed by atoms with Crippen LogP contribution < -0.4 is 0 Å². The summed E-state index contributed by atoms with van der Waals surface area (Å²) < 4.78 is 0. The van der Waals surface area contributed by atoms with Crippen LogP contribution >= 0.6 is 0 Å². The summed E-state index contributed by atoms with van der Waals surface area (Å²) in [6, 6.07) is 7.78. The lowest BCUT2D eigenvalue weighted by atomic mass is 10.1. The van der Waals surface area contributed by atoms with Crippen LogP contribution in [0.1, 0.15) is 24.0 Å². The van der Waals surface area contributed by atoms with Gasteiger partial charge in [0.05, 0.1) is 6.42 Å². The van der Waals surface area contributed by atoms with Gasteiger partial charge in [0.15, 0.2) is 0 Å². The Bertz CT molecular complexity index is 429. The van der Waals surface area contributed by atoms with Gasteiger partial charge in [0.2, 0.25) is 5.91 Å². The van der Waals surface area contributed by atoms with Gasteiger partial charge in [-0.2, -0.15) is 0 Å². The number of hydrogen-bond donors (Lipinski definition) is 1. The fraction of sp³-hybridized carbons (Fsp3) is 0.429. The zero-order valence-corrected chi connectivity index (χ0v) is 10.8. The number of aryl methyl sites for hydroxylation is 1. The molecule has 1 rings (SSSR count). The van der Waals surface area contributed by atoms with Gasteiger partial charge in [0, 0.05) is 20.0 Å². The van der Waals surface area contributed by atoms with Crippen molar-refractivity contribution < 1.29 is 14.7 Å². The van der Waals surface area contributed by atoms with E-state index >= 15 is 0 Å². The lowest BCUT2D eigenvalue weighted by Gasteiger charge is -2.17. The number of nitrogens with zero attached hydrogens (tertiary/aromatic N) is 1. The predicted molar refractivity (Wildman–Crippen MR) is 69.4 cm³/mol. The molecule has 0 saturated heterocycles. The van der Waals surface area contributed by atoms with E-state index in [0.717, 1.165) is 11.1 Å². The average molecular weight is 249 g/mol. The highest BCUT2D eigenvalue weighted by Gasteiger charge is 2.11. The fourth-order valence-electron chi connectivity index (χ4n) is 1.70. The first-order chi connectivity index (χ1) is 8.50. The van der Waals surface area contributed by atoms with Crippen LogP contribution in [0, 0.1) is 6.92 Å². The number of carbonyl (C=O) groups is 2. The summed E-state index contributed by atoms with van der Waals surface area (Å²) in [4.78, 5) is 23.9. The van der Waals surface area contributed by atoms with Crippen LogP contribution in [0.2, 0.25) is 0 Å². The molecule has 18 heavy (non-hydrogen) atoms. The van der Waals surface area contributed by atoms with Crippen molar-refractivity contribution in [3.63, 3.8) is 0 Å². The number of benzene rings is 1. The number of carboxylic acids is 1. The molecule has 4 nitrogen and oxygen atoms in total. The van der Waals surface area contributed by atoms with E-state index in [1.807, 2.05) is 31.2 Å². The highest BCUT2D eigenvalue weighted by atomic mass is 16.4. The Hall–Kier alpha value is -1.84. The van der Waals surface area contributed by atoms with Crippen molar-refractivity contribution in [2.24, 2.45) is 0 Å². The maximum absolute atomic E-state index is 11.9. The molecule has 0 bridgehead atoms. The topological polar surface area (TPSA) is 57.6 Å². The van der Waals surface area contributed by atoms with Crippen molar-refractivity contribution in [2.75, 3.05) is 13.6 Å². The fourth-order valence-corrected chi connectivity index (χ4v) is 1.70. The van der Waals surface area contributed by atoms with Gasteiger partial charge >= 0.3 is 5.97 Å². The molecule has 0 aromatic heterocycles. The average Bonchev–Trinajstić information content (AvgIpc) is 2.31. The summed E-state index contributed by atoms with van der Waals surface area (Å²) in [7, 11) is 1.71. The minimum atomic E-state index is -0.824. The first kappa shape index (κ1) is 14.2. The van der Waals surface area contributed by atoms with Gasteiger partial charge in [-0.1, -0.05) is 24.3 Å². The van der Waals surface area contributed by atoms with Crippen molar-refractivity contribution in [3.05, 3.63) is 35.4 Å². The molecule has 1 aromatic rings. The third-order valence-corrected chi connectivity index (χ3v) is 2.91. The normalized spacial score (nSPS) is 10.1. The third kappa shape index (κ3) is 4.57. The molecule has 0 aliphatic rings. The number of hydrogen-bond acceptors (Lipinski definition) is 2. The highest BCUT2D eigenvalue weighted by Crippen LogP contribution is 2.09. The molecule has 0 saturated carbocycles. The van der Waals surface area contributed by atoms with Crippen molar-refractivity contribution in [1.82, 2.24) is 4.90 Å². The van der Waals surface area contributed by atoms with Crippen LogP contribution in [-0.2, 0) is 16.0 Å². The standard InChI is InChI=1S/C14H19NO3/c1-11-6-3-4-7-12(11)10-13(16)15(2)9-5-8-14(17)18/h3-4,6-7H,5,8-10H2,1-2H3,(H,17,18). The van der Waals surface area contributed by atoms with Crippen molar-refractivity contribution in [3.8, 4) is 0 Å².